The van der Waals surface area contributed by atoms with Gasteiger partial charge in [-0.25, -0.2) is 0 Å². The lowest BCUT2D eigenvalue weighted by Gasteiger charge is -2.35. The van der Waals surface area contributed by atoms with E-state index in [4.69, 9.17) is 9.84 Å². The third-order valence-corrected chi connectivity index (χ3v) is 3.68. The molecule has 4 heteroatoms. The summed E-state index contributed by atoms with van der Waals surface area (Å²) in [7, 11) is 2.01. The summed E-state index contributed by atoms with van der Waals surface area (Å²) < 4.78 is 5.30. The number of likely N-dealkylation sites (N-methyl/N-ethyl adjacent to an activating group) is 1. The Kier molecular flexibility index (Phi) is 5.77. The van der Waals surface area contributed by atoms with Crippen LogP contribution in [0.5, 0.6) is 0 Å². The van der Waals surface area contributed by atoms with E-state index in [1.165, 1.54) is 0 Å². The van der Waals surface area contributed by atoms with Gasteiger partial charge in [-0.2, -0.15) is 0 Å². The Morgan fingerprint density at radius 3 is 2.81 bits per heavy atom. The maximum atomic E-state index is 10.5. The van der Waals surface area contributed by atoms with Gasteiger partial charge in [-0.05, 0) is 24.7 Å². The molecule has 21 heavy (non-hydrogen) atoms. The topological polar surface area (TPSA) is 52.9 Å². The lowest BCUT2D eigenvalue weighted by molar-refractivity contribution is -0.0777. The highest BCUT2D eigenvalue weighted by Crippen LogP contribution is 2.22. The van der Waals surface area contributed by atoms with Crippen molar-refractivity contribution in [2.75, 3.05) is 33.4 Å². The van der Waals surface area contributed by atoms with Gasteiger partial charge in [-0.15, -0.1) is 0 Å². The number of nitrogens with zero attached hydrogens (tertiary/aromatic N) is 1. The molecule has 2 rings (SSSR count). The van der Waals surface area contributed by atoms with E-state index in [-0.39, 0.29) is 6.61 Å². The van der Waals surface area contributed by atoms with E-state index in [0.29, 0.717) is 32.6 Å². The zero-order valence-electron chi connectivity index (χ0n) is 12.5. The third kappa shape index (κ3) is 5.14. The Morgan fingerprint density at radius 1 is 1.33 bits per heavy atom. The molecule has 0 saturated carbocycles. The number of benzene rings is 1. The van der Waals surface area contributed by atoms with E-state index >= 15 is 0 Å². The van der Waals surface area contributed by atoms with Crippen molar-refractivity contribution >= 4 is 0 Å². The second kappa shape index (κ2) is 7.58. The van der Waals surface area contributed by atoms with E-state index in [1.54, 1.807) is 0 Å². The van der Waals surface area contributed by atoms with E-state index in [1.807, 2.05) is 25.2 Å². The van der Waals surface area contributed by atoms with Crippen LogP contribution in [0.15, 0.2) is 24.3 Å². The molecule has 1 aromatic carbocycles. The second-order valence-electron chi connectivity index (χ2n) is 5.67. The van der Waals surface area contributed by atoms with Gasteiger partial charge in [0.2, 0.25) is 0 Å². The van der Waals surface area contributed by atoms with Gasteiger partial charge in [-0.3, -0.25) is 4.90 Å². The van der Waals surface area contributed by atoms with Crippen LogP contribution in [0.2, 0.25) is 0 Å². The van der Waals surface area contributed by atoms with Crippen molar-refractivity contribution in [3.8, 4) is 11.8 Å². The van der Waals surface area contributed by atoms with Crippen LogP contribution in [0.1, 0.15) is 24.0 Å². The predicted octanol–water partition coefficient (Wildman–Crippen LogP) is 1.00. The predicted molar refractivity (Wildman–Crippen MR) is 81.7 cm³/mol. The van der Waals surface area contributed by atoms with Gasteiger partial charge in [0.05, 0.1) is 5.60 Å². The normalized spacial score (nSPS) is 17.3. The Bertz CT molecular complexity index is 512. The molecule has 1 aromatic rings. The SMILES string of the molecule is CN(Cc1cccc(C#CCO)c1)CC1(O)CCOCC1. The van der Waals surface area contributed by atoms with Gasteiger partial charge in [0.15, 0.2) is 0 Å². The summed E-state index contributed by atoms with van der Waals surface area (Å²) in [4.78, 5) is 2.13. The summed E-state index contributed by atoms with van der Waals surface area (Å²) >= 11 is 0. The van der Waals surface area contributed by atoms with E-state index in [9.17, 15) is 5.11 Å². The maximum Gasteiger partial charge on any atom is 0.104 e. The first kappa shape index (κ1) is 16.0. The minimum atomic E-state index is -0.638. The Labute approximate surface area is 126 Å². The molecule has 1 aliphatic heterocycles. The van der Waals surface area contributed by atoms with Gasteiger partial charge >= 0.3 is 0 Å². The average Bonchev–Trinajstić information content (AvgIpc) is 2.45. The molecule has 1 heterocycles. The Balaban J connectivity index is 1.94. The Morgan fingerprint density at radius 2 is 2.10 bits per heavy atom. The fourth-order valence-corrected chi connectivity index (χ4v) is 2.67. The zero-order valence-corrected chi connectivity index (χ0v) is 12.5. The maximum absolute atomic E-state index is 10.5. The van der Waals surface area contributed by atoms with Crippen molar-refractivity contribution in [3.05, 3.63) is 35.4 Å². The fraction of sp³-hybridized carbons (Fsp3) is 0.529. The van der Waals surface area contributed by atoms with Crippen LogP contribution in [0, 0.1) is 11.8 Å². The molecule has 1 aliphatic rings. The van der Waals surface area contributed by atoms with Crippen molar-refractivity contribution in [1.29, 1.82) is 0 Å². The molecular weight excluding hydrogens is 266 g/mol. The minimum Gasteiger partial charge on any atom is -0.388 e. The molecule has 4 nitrogen and oxygen atoms in total. The summed E-state index contributed by atoms with van der Waals surface area (Å²) in [5.41, 5.74) is 1.42. The van der Waals surface area contributed by atoms with Crippen molar-refractivity contribution in [3.63, 3.8) is 0 Å². The van der Waals surface area contributed by atoms with Crippen LogP contribution in [0.4, 0.5) is 0 Å². The minimum absolute atomic E-state index is 0.126. The second-order valence-corrected chi connectivity index (χ2v) is 5.67. The molecule has 0 aliphatic carbocycles. The molecular formula is C17H23NO3. The first-order chi connectivity index (χ1) is 10.1. The van der Waals surface area contributed by atoms with Crippen LogP contribution < -0.4 is 0 Å². The highest BCUT2D eigenvalue weighted by Gasteiger charge is 2.30. The molecule has 0 atom stereocenters. The molecule has 0 radical (unpaired) electrons. The highest BCUT2D eigenvalue weighted by atomic mass is 16.5. The first-order valence-corrected chi connectivity index (χ1v) is 7.29. The number of hydrogen-bond acceptors (Lipinski definition) is 4. The number of aliphatic hydroxyl groups excluding tert-OH is 1. The van der Waals surface area contributed by atoms with Crippen LogP contribution in [0.25, 0.3) is 0 Å². The molecule has 0 unspecified atom stereocenters. The molecule has 0 aromatic heterocycles. The van der Waals surface area contributed by atoms with Gasteiger partial charge < -0.3 is 14.9 Å². The largest absolute Gasteiger partial charge is 0.388 e. The first-order valence-electron chi connectivity index (χ1n) is 7.29. The van der Waals surface area contributed by atoms with Gasteiger partial charge in [-0.1, -0.05) is 24.0 Å². The smallest absolute Gasteiger partial charge is 0.104 e. The van der Waals surface area contributed by atoms with Crippen LogP contribution in [0.3, 0.4) is 0 Å². The molecule has 2 N–H and O–H groups in total. The van der Waals surface area contributed by atoms with Crippen LogP contribution >= 0.6 is 0 Å². The van der Waals surface area contributed by atoms with E-state index in [0.717, 1.165) is 17.7 Å². The third-order valence-electron chi connectivity index (χ3n) is 3.68. The molecule has 0 bridgehead atoms. The van der Waals surface area contributed by atoms with Gasteiger partial charge in [0.25, 0.3) is 0 Å². The molecule has 1 fully saturated rings. The number of hydrogen-bond donors (Lipinski definition) is 2. The quantitative estimate of drug-likeness (QED) is 0.812. The van der Waals surface area contributed by atoms with Crippen molar-refractivity contribution in [2.45, 2.75) is 25.0 Å². The van der Waals surface area contributed by atoms with Gasteiger partial charge in [0.1, 0.15) is 6.61 Å². The molecule has 0 amide bonds. The van der Waals surface area contributed by atoms with Crippen molar-refractivity contribution < 1.29 is 14.9 Å². The summed E-state index contributed by atoms with van der Waals surface area (Å²) in [6.45, 7) is 2.55. The molecule has 114 valence electrons. The summed E-state index contributed by atoms with van der Waals surface area (Å²) in [5.74, 6) is 5.57. The average molecular weight is 289 g/mol. The van der Waals surface area contributed by atoms with Crippen molar-refractivity contribution in [1.82, 2.24) is 4.90 Å². The zero-order chi connectivity index (χ0) is 15.1. The number of rotatable bonds is 4. The van der Waals surface area contributed by atoms with Crippen molar-refractivity contribution in [2.24, 2.45) is 0 Å². The fourth-order valence-electron chi connectivity index (χ4n) is 2.67. The summed E-state index contributed by atoms with van der Waals surface area (Å²) in [5, 5.41) is 19.3. The molecule has 0 spiro atoms. The van der Waals surface area contributed by atoms with E-state index in [2.05, 4.69) is 22.8 Å². The monoisotopic (exact) mass is 289 g/mol. The Hall–Kier alpha value is -1.38. The highest BCUT2D eigenvalue weighted by molar-refractivity contribution is 5.37. The standard InChI is InChI=1S/C17H23NO3/c1-18(14-17(20)7-10-21-11-8-17)13-16-5-2-4-15(12-16)6-3-9-19/h2,4-5,12,19-20H,7-11,13-14H2,1H3. The molecule has 1 saturated heterocycles. The van der Waals surface area contributed by atoms with Crippen LogP contribution in [-0.4, -0.2) is 54.1 Å². The van der Waals surface area contributed by atoms with Gasteiger partial charge in [0, 0.05) is 44.7 Å². The lowest BCUT2D eigenvalue weighted by Crippen LogP contribution is -2.45. The number of ether oxygens (including phenoxy) is 1. The van der Waals surface area contributed by atoms with Crippen LogP contribution in [-0.2, 0) is 11.3 Å². The summed E-state index contributed by atoms with van der Waals surface area (Å²) in [6, 6.07) is 7.97. The lowest BCUT2D eigenvalue weighted by atomic mass is 9.94. The number of aliphatic hydroxyl groups is 2. The van der Waals surface area contributed by atoms with E-state index < -0.39 is 5.60 Å². The summed E-state index contributed by atoms with van der Waals surface area (Å²) in [6.07, 6.45) is 1.39.